The number of hydrogen-bond acceptors (Lipinski definition) is 0. The van der Waals surface area contributed by atoms with Crippen molar-refractivity contribution in [2.45, 2.75) is 149 Å². The smallest absolute Gasteiger partial charge is 0.0162 e. The summed E-state index contributed by atoms with van der Waals surface area (Å²) in [5, 5.41) is 0. The molecule has 0 bridgehead atoms. The first-order chi connectivity index (χ1) is 17.1. The van der Waals surface area contributed by atoms with Crippen LogP contribution in [0.25, 0.3) is 0 Å². The normalized spacial score (nSPS) is 33.8. The Bertz CT molecular complexity index is 692. The van der Waals surface area contributed by atoms with Gasteiger partial charge in [-0.1, -0.05) is 96.9 Å². The first-order valence-electron chi connectivity index (χ1n) is 16.2. The van der Waals surface area contributed by atoms with Gasteiger partial charge >= 0.3 is 0 Å². The van der Waals surface area contributed by atoms with Gasteiger partial charge in [-0.25, -0.2) is 0 Å². The molecule has 0 heteroatoms. The lowest BCUT2D eigenvalue weighted by atomic mass is 9.65. The van der Waals surface area contributed by atoms with Crippen molar-refractivity contribution >= 4 is 0 Å². The van der Waals surface area contributed by atoms with Crippen LogP contribution in [0.15, 0.2) is 24.3 Å². The van der Waals surface area contributed by atoms with Crippen molar-refractivity contribution in [3.05, 3.63) is 35.4 Å². The molecule has 3 saturated carbocycles. The van der Waals surface area contributed by atoms with E-state index in [0.717, 1.165) is 47.3 Å². The largest absolute Gasteiger partial charge is 0.0654 e. The Morgan fingerprint density at radius 1 is 0.629 bits per heavy atom. The van der Waals surface area contributed by atoms with Gasteiger partial charge < -0.3 is 0 Å². The van der Waals surface area contributed by atoms with E-state index in [4.69, 9.17) is 0 Å². The van der Waals surface area contributed by atoms with Gasteiger partial charge in [0.15, 0.2) is 0 Å². The number of unbranched alkanes of at least 4 members (excludes halogenated alkanes) is 2. The van der Waals surface area contributed by atoms with Crippen LogP contribution in [-0.4, -0.2) is 0 Å². The van der Waals surface area contributed by atoms with Crippen LogP contribution in [0, 0.1) is 35.5 Å². The summed E-state index contributed by atoms with van der Waals surface area (Å²) in [5.74, 6) is 7.49. The van der Waals surface area contributed by atoms with E-state index in [1.54, 1.807) is 11.1 Å². The Morgan fingerprint density at radius 3 is 1.74 bits per heavy atom. The monoisotopic (exact) mass is 478 g/mol. The summed E-state index contributed by atoms with van der Waals surface area (Å²) in [6, 6.07) is 9.99. The lowest BCUT2D eigenvalue weighted by molar-refractivity contribution is 0.118. The van der Waals surface area contributed by atoms with Crippen molar-refractivity contribution in [2.24, 2.45) is 35.5 Å². The maximum atomic E-state index is 2.63. The SMILES string of the molecule is CCCCCC1CCC(C(C)C2CCC(C(C)c3ccc(C4CCC(CC)CC4)cc3)CC2)CC1. The minimum Gasteiger partial charge on any atom is -0.0654 e. The third kappa shape index (κ3) is 7.38. The molecule has 0 aliphatic heterocycles. The van der Waals surface area contributed by atoms with Crippen molar-refractivity contribution in [3.63, 3.8) is 0 Å². The molecule has 0 nitrogen and oxygen atoms in total. The molecule has 1 aromatic carbocycles. The number of benzene rings is 1. The van der Waals surface area contributed by atoms with E-state index >= 15 is 0 Å². The second-order valence-corrected chi connectivity index (χ2v) is 13.4. The van der Waals surface area contributed by atoms with Crippen LogP contribution in [0.2, 0.25) is 0 Å². The van der Waals surface area contributed by atoms with E-state index in [1.807, 2.05) is 0 Å². The van der Waals surface area contributed by atoms with Crippen molar-refractivity contribution in [1.82, 2.24) is 0 Å². The molecule has 3 aliphatic carbocycles. The van der Waals surface area contributed by atoms with Crippen LogP contribution in [0.3, 0.4) is 0 Å². The number of rotatable bonds is 10. The first kappa shape index (κ1) is 27.3. The van der Waals surface area contributed by atoms with Gasteiger partial charge in [-0.2, -0.15) is 0 Å². The van der Waals surface area contributed by atoms with Crippen LogP contribution in [0.1, 0.15) is 160 Å². The molecule has 3 fully saturated rings. The fourth-order valence-corrected chi connectivity index (χ4v) is 8.49. The summed E-state index contributed by atoms with van der Waals surface area (Å²) in [7, 11) is 0. The molecule has 198 valence electrons. The maximum absolute atomic E-state index is 2.63. The summed E-state index contributed by atoms with van der Waals surface area (Å²) in [5.41, 5.74) is 3.22. The summed E-state index contributed by atoms with van der Waals surface area (Å²) in [6.07, 6.45) is 24.9. The first-order valence-corrected chi connectivity index (χ1v) is 16.2. The molecule has 1 aromatic rings. The van der Waals surface area contributed by atoms with Crippen molar-refractivity contribution < 1.29 is 0 Å². The molecular weight excluding hydrogens is 420 g/mol. The molecule has 2 atom stereocenters. The Balaban J connectivity index is 1.20. The summed E-state index contributed by atoms with van der Waals surface area (Å²) >= 11 is 0. The second kappa shape index (κ2) is 13.7. The van der Waals surface area contributed by atoms with Crippen molar-refractivity contribution in [3.8, 4) is 0 Å². The molecule has 0 amide bonds. The molecule has 0 spiro atoms. The third-order valence-electron chi connectivity index (χ3n) is 11.5. The van der Waals surface area contributed by atoms with Gasteiger partial charge in [0.1, 0.15) is 0 Å². The molecule has 0 aromatic heterocycles. The van der Waals surface area contributed by atoms with E-state index in [9.17, 15) is 0 Å². The Labute approximate surface area is 219 Å². The van der Waals surface area contributed by atoms with E-state index in [-0.39, 0.29) is 0 Å². The van der Waals surface area contributed by atoms with E-state index < -0.39 is 0 Å². The van der Waals surface area contributed by atoms with Crippen LogP contribution < -0.4 is 0 Å². The Morgan fingerprint density at radius 2 is 1.17 bits per heavy atom. The van der Waals surface area contributed by atoms with Gasteiger partial charge in [0.25, 0.3) is 0 Å². The zero-order valence-electron chi connectivity index (χ0n) is 23.9. The van der Waals surface area contributed by atoms with Gasteiger partial charge in [-0.15, -0.1) is 0 Å². The highest BCUT2D eigenvalue weighted by Crippen LogP contribution is 2.45. The van der Waals surface area contributed by atoms with Gasteiger partial charge in [-0.05, 0) is 123 Å². The highest BCUT2D eigenvalue weighted by molar-refractivity contribution is 5.28. The summed E-state index contributed by atoms with van der Waals surface area (Å²) in [4.78, 5) is 0. The summed E-state index contributed by atoms with van der Waals surface area (Å²) in [6.45, 7) is 9.86. The van der Waals surface area contributed by atoms with Crippen molar-refractivity contribution in [2.75, 3.05) is 0 Å². The quantitative estimate of drug-likeness (QED) is 0.293. The van der Waals surface area contributed by atoms with E-state index in [0.29, 0.717) is 0 Å². The van der Waals surface area contributed by atoms with Gasteiger partial charge in [0.05, 0.1) is 0 Å². The van der Waals surface area contributed by atoms with Crippen LogP contribution >= 0.6 is 0 Å². The Kier molecular flexibility index (Phi) is 10.7. The fraction of sp³-hybridized carbons (Fsp3) is 0.829. The standard InChI is InChI=1S/C35H58/c1-5-7-8-9-29-12-14-30(15-13-29)26(3)31-18-20-32(21-19-31)27(4)33-22-24-35(25-23-33)34-16-10-28(6-2)11-17-34/h22-32,34H,5-21H2,1-4H3. The highest BCUT2D eigenvalue weighted by atomic mass is 14.4. The van der Waals surface area contributed by atoms with Gasteiger partial charge in [-0.3, -0.25) is 0 Å². The van der Waals surface area contributed by atoms with Gasteiger partial charge in [0.2, 0.25) is 0 Å². The fourth-order valence-electron chi connectivity index (χ4n) is 8.49. The molecule has 0 saturated heterocycles. The second-order valence-electron chi connectivity index (χ2n) is 13.4. The van der Waals surface area contributed by atoms with Crippen molar-refractivity contribution in [1.29, 1.82) is 0 Å². The maximum Gasteiger partial charge on any atom is -0.0162 e. The molecule has 0 radical (unpaired) electrons. The average Bonchev–Trinajstić information content (AvgIpc) is 2.93. The zero-order chi connectivity index (χ0) is 24.6. The van der Waals surface area contributed by atoms with Crippen LogP contribution in [0.5, 0.6) is 0 Å². The minimum absolute atomic E-state index is 0.731. The predicted molar refractivity (Wildman–Crippen MR) is 154 cm³/mol. The third-order valence-corrected chi connectivity index (χ3v) is 11.5. The van der Waals surface area contributed by atoms with E-state index in [1.165, 1.54) is 109 Å². The highest BCUT2D eigenvalue weighted by Gasteiger charge is 2.33. The molecule has 2 unspecified atom stereocenters. The molecule has 0 N–H and O–H groups in total. The average molecular weight is 479 g/mol. The van der Waals surface area contributed by atoms with Gasteiger partial charge in [0, 0.05) is 0 Å². The molecule has 35 heavy (non-hydrogen) atoms. The predicted octanol–water partition coefficient (Wildman–Crippen LogP) is 11.3. The molecule has 0 heterocycles. The number of hydrogen-bond donors (Lipinski definition) is 0. The Hall–Kier alpha value is -0.780. The summed E-state index contributed by atoms with van der Waals surface area (Å²) < 4.78 is 0. The molecular formula is C35H58. The van der Waals surface area contributed by atoms with Crippen LogP contribution in [0.4, 0.5) is 0 Å². The van der Waals surface area contributed by atoms with E-state index in [2.05, 4.69) is 52.0 Å². The lowest BCUT2D eigenvalue weighted by Crippen LogP contribution is -2.29. The zero-order valence-corrected chi connectivity index (χ0v) is 23.9. The minimum atomic E-state index is 0.731. The van der Waals surface area contributed by atoms with Crippen LogP contribution in [-0.2, 0) is 0 Å². The molecule has 4 rings (SSSR count). The lowest BCUT2D eigenvalue weighted by Gasteiger charge is -2.40. The molecule has 3 aliphatic rings. The topological polar surface area (TPSA) is 0 Å².